The maximum atomic E-state index is 12.2. The van der Waals surface area contributed by atoms with Crippen LogP contribution >= 0.6 is 0 Å². The van der Waals surface area contributed by atoms with E-state index in [1.807, 2.05) is 12.2 Å². The van der Waals surface area contributed by atoms with Crippen molar-refractivity contribution >= 4 is 23.7 Å². The Kier molecular flexibility index (Phi) is 3.51. The minimum atomic E-state index is -0.319. The van der Waals surface area contributed by atoms with Gasteiger partial charge in [0, 0.05) is 13.0 Å². The molecule has 8 heteroatoms. The summed E-state index contributed by atoms with van der Waals surface area (Å²) in [5.74, 6) is -0.902. The fourth-order valence-corrected chi connectivity index (χ4v) is 2.76. The van der Waals surface area contributed by atoms with Crippen molar-refractivity contribution in [2.75, 3.05) is 11.9 Å². The lowest BCUT2D eigenvalue weighted by Gasteiger charge is -2.14. The number of aromatic nitrogens is 3. The molecule has 8 nitrogen and oxygen atoms in total. The monoisotopic (exact) mass is 289 g/mol. The number of hydrogen-bond donors (Lipinski definition) is 2. The van der Waals surface area contributed by atoms with Crippen LogP contribution in [0.25, 0.3) is 0 Å². The second-order valence-corrected chi connectivity index (χ2v) is 5.12. The number of carbonyl (C=O) groups is 3. The van der Waals surface area contributed by atoms with Gasteiger partial charge in [0.15, 0.2) is 0 Å². The van der Waals surface area contributed by atoms with E-state index < -0.39 is 0 Å². The van der Waals surface area contributed by atoms with Gasteiger partial charge in [0.2, 0.25) is 23.7 Å². The van der Waals surface area contributed by atoms with Crippen LogP contribution in [0.3, 0.4) is 0 Å². The van der Waals surface area contributed by atoms with Crippen LogP contribution in [-0.2, 0) is 14.4 Å². The average Bonchev–Trinajstić information content (AvgIpc) is 3.07. The van der Waals surface area contributed by atoms with E-state index in [-0.39, 0.29) is 48.5 Å². The number of imide groups is 1. The molecule has 1 saturated heterocycles. The lowest BCUT2D eigenvalue weighted by Crippen LogP contribution is -2.34. The van der Waals surface area contributed by atoms with Gasteiger partial charge >= 0.3 is 0 Å². The molecule has 1 aromatic rings. The summed E-state index contributed by atoms with van der Waals surface area (Å²) in [4.78, 5) is 41.1. The second kappa shape index (κ2) is 5.47. The summed E-state index contributed by atoms with van der Waals surface area (Å²) in [7, 11) is 0. The third-order valence-electron chi connectivity index (χ3n) is 3.83. The quantitative estimate of drug-likeness (QED) is 0.603. The summed E-state index contributed by atoms with van der Waals surface area (Å²) < 4.78 is 0. The minimum absolute atomic E-state index is 0.0467. The number of likely N-dealkylation sites (tertiary alicyclic amines) is 1. The van der Waals surface area contributed by atoms with Gasteiger partial charge in [-0.3, -0.25) is 24.6 Å². The Balaban J connectivity index is 1.57. The zero-order chi connectivity index (χ0) is 14.8. The molecule has 0 radical (unpaired) electrons. The van der Waals surface area contributed by atoms with E-state index in [1.165, 1.54) is 11.2 Å². The summed E-state index contributed by atoms with van der Waals surface area (Å²) in [6.45, 7) is 0.102. The van der Waals surface area contributed by atoms with Crippen molar-refractivity contribution in [2.24, 2.45) is 11.8 Å². The normalized spacial score (nSPS) is 24.3. The highest BCUT2D eigenvalue weighted by molar-refractivity contribution is 6.05. The molecule has 1 aliphatic heterocycles. The minimum Gasteiger partial charge on any atom is -0.295 e. The van der Waals surface area contributed by atoms with Crippen molar-refractivity contribution in [1.82, 2.24) is 20.1 Å². The lowest BCUT2D eigenvalue weighted by atomic mass is 9.85. The predicted octanol–water partition coefficient (Wildman–Crippen LogP) is 0.0845. The first kappa shape index (κ1) is 13.5. The van der Waals surface area contributed by atoms with Gasteiger partial charge in [-0.25, -0.2) is 5.10 Å². The first-order chi connectivity index (χ1) is 10.2. The van der Waals surface area contributed by atoms with E-state index in [4.69, 9.17) is 0 Å². The van der Waals surface area contributed by atoms with Crippen molar-refractivity contribution in [2.45, 2.75) is 19.3 Å². The molecule has 3 amide bonds. The number of hydrogen-bond acceptors (Lipinski definition) is 5. The molecule has 0 spiro atoms. The predicted molar refractivity (Wildman–Crippen MR) is 71.7 cm³/mol. The average molecular weight is 289 g/mol. The number of amides is 3. The third-order valence-corrected chi connectivity index (χ3v) is 3.83. The van der Waals surface area contributed by atoms with Crippen LogP contribution < -0.4 is 5.32 Å². The first-order valence-electron chi connectivity index (χ1n) is 6.82. The van der Waals surface area contributed by atoms with Gasteiger partial charge in [-0.15, -0.1) is 0 Å². The molecule has 1 aliphatic carbocycles. The van der Waals surface area contributed by atoms with Crippen LogP contribution in [-0.4, -0.2) is 44.3 Å². The van der Waals surface area contributed by atoms with Gasteiger partial charge in [-0.2, -0.15) is 10.1 Å². The van der Waals surface area contributed by atoms with E-state index in [0.29, 0.717) is 12.8 Å². The molecule has 0 aromatic carbocycles. The van der Waals surface area contributed by atoms with Crippen LogP contribution in [0.4, 0.5) is 5.95 Å². The number of carbonyl (C=O) groups excluding carboxylic acids is 3. The van der Waals surface area contributed by atoms with E-state index in [2.05, 4.69) is 20.5 Å². The Morgan fingerprint density at radius 2 is 1.95 bits per heavy atom. The van der Waals surface area contributed by atoms with Gasteiger partial charge in [0.05, 0.1) is 11.8 Å². The SMILES string of the molecule is O=C(CCN1C(=O)C2CC=CCC2C1=O)Nc1ncn[nH]1. The van der Waals surface area contributed by atoms with Crippen LogP contribution in [0.2, 0.25) is 0 Å². The second-order valence-electron chi connectivity index (χ2n) is 5.12. The zero-order valence-electron chi connectivity index (χ0n) is 11.3. The number of fused-ring (bicyclic) bond motifs is 1. The van der Waals surface area contributed by atoms with E-state index in [9.17, 15) is 14.4 Å². The van der Waals surface area contributed by atoms with Crippen LogP contribution in [0.1, 0.15) is 19.3 Å². The standard InChI is InChI=1S/C13H15N5O3/c19-10(16-13-14-7-15-17-13)5-6-18-11(20)8-3-1-2-4-9(8)12(18)21/h1-2,7-9H,3-6H2,(H2,14,15,16,17,19). The molecular formula is C13H15N5O3. The molecule has 2 aliphatic rings. The van der Waals surface area contributed by atoms with Gasteiger partial charge in [0.25, 0.3) is 0 Å². The molecule has 110 valence electrons. The lowest BCUT2D eigenvalue weighted by molar-refractivity contribution is -0.140. The molecule has 2 atom stereocenters. The van der Waals surface area contributed by atoms with E-state index in [1.54, 1.807) is 0 Å². The molecule has 21 heavy (non-hydrogen) atoms. The van der Waals surface area contributed by atoms with Crippen LogP contribution in [0.15, 0.2) is 18.5 Å². The van der Waals surface area contributed by atoms with Gasteiger partial charge in [-0.05, 0) is 12.8 Å². The molecule has 0 bridgehead atoms. The van der Waals surface area contributed by atoms with Crippen molar-refractivity contribution < 1.29 is 14.4 Å². The molecule has 2 unspecified atom stereocenters. The highest BCUT2D eigenvalue weighted by Crippen LogP contribution is 2.34. The molecule has 0 saturated carbocycles. The topological polar surface area (TPSA) is 108 Å². The van der Waals surface area contributed by atoms with Crippen LogP contribution in [0, 0.1) is 11.8 Å². The maximum Gasteiger partial charge on any atom is 0.233 e. The molecule has 1 fully saturated rings. The highest BCUT2D eigenvalue weighted by Gasteiger charge is 2.46. The smallest absolute Gasteiger partial charge is 0.233 e. The third kappa shape index (κ3) is 2.56. The number of anilines is 1. The van der Waals surface area contributed by atoms with Crippen molar-refractivity contribution in [3.8, 4) is 0 Å². The Morgan fingerprint density at radius 1 is 1.29 bits per heavy atom. The van der Waals surface area contributed by atoms with Gasteiger partial charge in [0.1, 0.15) is 6.33 Å². The Hall–Kier alpha value is -2.51. The van der Waals surface area contributed by atoms with E-state index in [0.717, 1.165) is 0 Å². The van der Waals surface area contributed by atoms with E-state index >= 15 is 0 Å². The number of aromatic amines is 1. The maximum absolute atomic E-state index is 12.2. The number of H-pyrrole nitrogens is 1. The summed E-state index contributed by atoms with van der Waals surface area (Å²) >= 11 is 0. The largest absolute Gasteiger partial charge is 0.295 e. The Morgan fingerprint density at radius 3 is 2.52 bits per heavy atom. The fraction of sp³-hybridized carbons (Fsp3) is 0.462. The van der Waals surface area contributed by atoms with Crippen LogP contribution in [0.5, 0.6) is 0 Å². The van der Waals surface area contributed by atoms with Crippen molar-refractivity contribution in [3.63, 3.8) is 0 Å². The summed E-state index contributed by atoms with van der Waals surface area (Å²) in [6.07, 6.45) is 6.41. The fourth-order valence-electron chi connectivity index (χ4n) is 2.76. The number of nitrogens with one attached hydrogen (secondary N) is 2. The number of nitrogens with zero attached hydrogens (tertiary/aromatic N) is 3. The van der Waals surface area contributed by atoms with Crippen molar-refractivity contribution in [1.29, 1.82) is 0 Å². The molecular weight excluding hydrogens is 274 g/mol. The Labute approximate surface area is 120 Å². The molecule has 3 rings (SSSR count). The van der Waals surface area contributed by atoms with Gasteiger partial charge in [-0.1, -0.05) is 12.2 Å². The Bertz CT molecular complexity index is 569. The highest BCUT2D eigenvalue weighted by atomic mass is 16.2. The molecule has 2 N–H and O–H groups in total. The number of allylic oxidation sites excluding steroid dienone is 2. The van der Waals surface area contributed by atoms with Crippen molar-refractivity contribution in [3.05, 3.63) is 18.5 Å². The number of rotatable bonds is 4. The first-order valence-corrected chi connectivity index (χ1v) is 6.82. The summed E-state index contributed by atoms with van der Waals surface area (Å²) in [5.41, 5.74) is 0. The molecule has 1 aromatic heterocycles. The summed E-state index contributed by atoms with van der Waals surface area (Å²) in [5, 5.41) is 8.62. The zero-order valence-corrected chi connectivity index (χ0v) is 11.3. The van der Waals surface area contributed by atoms with Gasteiger partial charge < -0.3 is 0 Å². The summed E-state index contributed by atoms with van der Waals surface area (Å²) in [6, 6.07) is 0. The molecule has 2 heterocycles.